The zero-order valence-electron chi connectivity index (χ0n) is 17.5. The van der Waals surface area contributed by atoms with Gasteiger partial charge in [-0.25, -0.2) is 17.7 Å². The Balaban J connectivity index is 1.60. The van der Waals surface area contributed by atoms with Gasteiger partial charge in [0.05, 0.1) is 17.1 Å². The lowest BCUT2D eigenvalue weighted by Gasteiger charge is -2.12. The number of nitrogens with one attached hydrogen (secondary N) is 2. The zero-order chi connectivity index (χ0) is 23.3. The third-order valence-corrected chi connectivity index (χ3v) is 7.06. The van der Waals surface area contributed by atoms with Gasteiger partial charge >= 0.3 is 0 Å². The van der Waals surface area contributed by atoms with Crippen LogP contribution in [0.25, 0.3) is 11.3 Å². The molecule has 2 aromatic carbocycles. The summed E-state index contributed by atoms with van der Waals surface area (Å²) in [6.45, 7) is 0.131. The average Bonchev–Trinajstić information content (AvgIpc) is 3.26. The summed E-state index contributed by atoms with van der Waals surface area (Å²) in [6, 6.07) is 13.3. The summed E-state index contributed by atoms with van der Waals surface area (Å²) < 4.78 is 25.5. The number of carbonyl (C=O) groups is 2. The minimum absolute atomic E-state index is 0.00591. The second kappa shape index (κ2) is 10.0. The van der Waals surface area contributed by atoms with Crippen LogP contribution in [0.3, 0.4) is 0 Å². The molecule has 168 valence electrons. The molecule has 3 aromatic rings. The lowest BCUT2D eigenvalue weighted by molar-refractivity contribution is -0.115. The maximum Gasteiger partial charge on any atom is 0.251 e. The van der Waals surface area contributed by atoms with Crippen LogP contribution in [-0.4, -0.2) is 50.2 Å². The van der Waals surface area contributed by atoms with Gasteiger partial charge in [-0.1, -0.05) is 24.3 Å². The van der Waals surface area contributed by atoms with E-state index in [9.17, 15) is 18.0 Å². The van der Waals surface area contributed by atoms with E-state index in [1.165, 1.54) is 49.7 Å². The summed E-state index contributed by atoms with van der Waals surface area (Å²) in [4.78, 5) is 29.0. The Morgan fingerprint density at radius 1 is 1.12 bits per heavy atom. The Labute approximate surface area is 190 Å². The first-order valence-corrected chi connectivity index (χ1v) is 11.9. The average molecular weight is 474 g/mol. The number of thiazole rings is 1. The van der Waals surface area contributed by atoms with Gasteiger partial charge in [-0.2, -0.15) is 0 Å². The number of hydrogen-bond donors (Lipinski definition) is 3. The van der Waals surface area contributed by atoms with E-state index < -0.39 is 21.8 Å². The van der Waals surface area contributed by atoms with Gasteiger partial charge in [0.25, 0.3) is 5.91 Å². The first-order valence-electron chi connectivity index (χ1n) is 9.56. The highest BCUT2D eigenvalue weighted by Crippen LogP contribution is 2.25. The van der Waals surface area contributed by atoms with Crippen LogP contribution in [-0.2, 0) is 21.4 Å². The lowest BCUT2D eigenvalue weighted by atomic mass is 10.1. The summed E-state index contributed by atoms with van der Waals surface area (Å²) >= 11 is 1.27. The van der Waals surface area contributed by atoms with E-state index >= 15 is 0 Å². The van der Waals surface area contributed by atoms with E-state index in [-0.39, 0.29) is 17.0 Å². The van der Waals surface area contributed by atoms with Crippen molar-refractivity contribution < 1.29 is 18.0 Å². The summed E-state index contributed by atoms with van der Waals surface area (Å²) in [5, 5.41) is 7.35. The molecule has 0 atom stereocenters. The van der Waals surface area contributed by atoms with Crippen molar-refractivity contribution in [2.24, 2.45) is 5.73 Å². The fourth-order valence-electron chi connectivity index (χ4n) is 2.76. The van der Waals surface area contributed by atoms with Gasteiger partial charge in [-0.05, 0) is 29.8 Å². The highest BCUT2D eigenvalue weighted by Gasteiger charge is 2.19. The normalized spacial score (nSPS) is 11.4. The first-order chi connectivity index (χ1) is 15.2. The molecule has 0 saturated heterocycles. The number of sulfonamides is 1. The number of nitrogens with zero attached hydrogens (tertiary/aromatic N) is 2. The summed E-state index contributed by atoms with van der Waals surface area (Å²) in [7, 11) is -0.854. The van der Waals surface area contributed by atoms with Gasteiger partial charge in [0, 0.05) is 37.1 Å². The van der Waals surface area contributed by atoms with Crippen LogP contribution in [0.1, 0.15) is 15.9 Å². The molecular formula is C21H23N5O4S2. The molecule has 0 spiro atoms. The van der Waals surface area contributed by atoms with Crippen molar-refractivity contribution in [1.82, 2.24) is 14.6 Å². The van der Waals surface area contributed by atoms with E-state index in [0.717, 1.165) is 15.4 Å². The van der Waals surface area contributed by atoms with Gasteiger partial charge in [0.2, 0.25) is 15.9 Å². The molecule has 0 fully saturated rings. The number of aromatic nitrogens is 1. The number of amides is 2. The van der Waals surface area contributed by atoms with Crippen molar-refractivity contribution in [3.63, 3.8) is 0 Å². The third kappa shape index (κ3) is 5.56. The molecule has 0 unspecified atom stereocenters. The van der Waals surface area contributed by atoms with Crippen LogP contribution < -0.4 is 16.4 Å². The highest BCUT2D eigenvalue weighted by atomic mass is 32.2. The van der Waals surface area contributed by atoms with Gasteiger partial charge in [-0.3, -0.25) is 9.59 Å². The Hall–Kier alpha value is -3.12. The van der Waals surface area contributed by atoms with E-state index in [2.05, 4.69) is 15.6 Å². The third-order valence-electron chi connectivity index (χ3n) is 4.49. The summed E-state index contributed by atoms with van der Waals surface area (Å²) in [5.74, 6) is -1.01. The van der Waals surface area contributed by atoms with Gasteiger partial charge in [0.1, 0.15) is 0 Å². The molecule has 0 aliphatic rings. The number of anilines is 1. The molecule has 1 aromatic heterocycles. The molecule has 0 aliphatic heterocycles. The molecule has 0 radical (unpaired) electrons. The highest BCUT2D eigenvalue weighted by molar-refractivity contribution is 7.89. The molecule has 3 rings (SSSR count). The number of benzene rings is 2. The SMILES string of the molecule is CN(C)S(=O)(=O)c1cccc(C(=O)NCC(=O)Nc2nc(-c3cccc(CN)c3)cs2)c1. The smallest absolute Gasteiger partial charge is 0.251 e. The maximum absolute atomic E-state index is 12.4. The van der Waals surface area contributed by atoms with Crippen LogP contribution in [0.4, 0.5) is 5.13 Å². The fourth-order valence-corrected chi connectivity index (χ4v) is 4.44. The number of nitrogens with two attached hydrogens (primary N) is 1. The fraction of sp³-hybridized carbons (Fsp3) is 0.190. The molecule has 9 nitrogen and oxygen atoms in total. The standard InChI is InChI=1S/C21H23N5O4S2/c1-26(2)32(29,30)17-8-4-7-16(10-17)20(28)23-12-19(27)25-21-24-18(13-31-21)15-6-3-5-14(9-15)11-22/h3-10,13H,11-12,22H2,1-2H3,(H,23,28)(H,24,25,27). The van der Waals surface area contributed by atoms with Crippen molar-refractivity contribution in [3.05, 3.63) is 65.0 Å². The molecule has 0 saturated carbocycles. The second-order valence-electron chi connectivity index (χ2n) is 6.99. The zero-order valence-corrected chi connectivity index (χ0v) is 19.2. The van der Waals surface area contributed by atoms with Crippen molar-refractivity contribution >= 4 is 38.3 Å². The summed E-state index contributed by atoms with van der Waals surface area (Å²) in [5.41, 5.74) is 8.39. The van der Waals surface area contributed by atoms with E-state index in [1.54, 1.807) is 0 Å². The minimum Gasteiger partial charge on any atom is -0.343 e. The number of rotatable bonds is 8. The van der Waals surface area contributed by atoms with Crippen LogP contribution >= 0.6 is 11.3 Å². The van der Waals surface area contributed by atoms with Crippen LogP contribution in [0, 0.1) is 0 Å². The molecule has 32 heavy (non-hydrogen) atoms. The molecule has 0 aliphatic carbocycles. The van der Waals surface area contributed by atoms with Gasteiger partial charge < -0.3 is 16.4 Å². The number of carbonyl (C=O) groups excluding carboxylic acids is 2. The Kier molecular flexibility index (Phi) is 7.36. The van der Waals surface area contributed by atoms with Crippen molar-refractivity contribution in [3.8, 4) is 11.3 Å². The molecule has 1 heterocycles. The van der Waals surface area contributed by atoms with E-state index in [1.807, 2.05) is 29.6 Å². The molecule has 11 heteroatoms. The van der Waals surface area contributed by atoms with Gasteiger partial charge in [0.15, 0.2) is 5.13 Å². The van der Waals surface area contributed by atoms with E-state index in [4.69, 9.17) is 5.73 Å². The minimum atomic E-state index is -3.67. The lowest BCUT2D eigenvalue weighted by Crippen LogP contribution is -2.33. The van der Waals surface area contributed by atoms with Crippen molar-refractivity contribution in [1.29, 1.82) is 0 Å². The van der Waals surface area contributed by atoms with Crippen LogP contribution in [0.15, 0.2) is 58.8 Å². The quantitative estimate of drug-likeness (QED) is 0.457. The van der Waals surface area contributed by atoms with Crippen LogP contribution in [0.5, 0.6) is 0 Å². The van der Waals surface area contributed by atoms with E-state index in [0.29, 0.717) is 17.4 Å². The van der Waals surface area contributed by atoms with Crippen LogP contribution in [0.2, 0.25) is 0 Å². The van der Waals surface area contributed by atoms with Gasteiger partial charge in [-0.15, -0.1) is 11.3 Å². The topological polar surface area (TPSA) is 134 Å². The predicted molar refractivity (Wildman–Crippen MR) is 124 cm³/mol. The van der Waals surface area contributed by atoms with Crippen molar-refractivity contribution in [2.75, 3.05) is 26.0 Å². The Morgan fingerprint density at radius 3 is 2.59 bits per heavy atom. The maximum atomic E-state index is 12.4. The number of hydrogen-bond acceptors (Lipinski definition) is 7. The Morgan fingerprint density at radius 2 is 1.88 bits per heavy atom. The van der Waals surface area contributed by atoms with Crippen molar-refractivity contribution in [2.45, 2.75) is 11.4 Å². The first kappa shape index (κ1) is 23.5. The monoisotopic (exact) mass is 473 g/mol. The molecular weight excluding hydrogens is 450 g/mol. The Bertz CT molecular complexity index is 1240. The second-order valence-corrected chi connectivity index (χ2v) is 10.00. The predicted octanol–water partition coefficient (Wildman–Crippen LogP) is 1.89. The summed E-state index contributed by atoms with van der Waals surface area (Å²) in [6.07, 6.45) is 0. The molecule has 2 amide bonds. The largest absolute Gasteiger partial charge is 0.343 e. The molecule has 4 N–H and O–H groups in total. The molecule has 0 bridgehead atoms.